The van der Waals surface area contributed by atoms with E-state index in [1.54, 1.807) is 18.2 Å². The molecule has 1 aromatic heterocycles. The van der Waals surface area contributed by atoms with Crippen molar-refractivity contribution < 1.29 is 70.9 Å². The molecule has 0 bridgehead atoms. The zero-order chi connectivity index (χ0) is 33.9. The summed E-state index contributed by atoms with van der Waals surface area (Å²) < 4.78 is 84.7. The molecule has 48 heavy (non-hydrogen) atoms. The van der Waals surface area contributed by atoms with E-state index < -0.39 is 65.6 Å². The van der Waals surface area contributed by atoms with Crippen LogP contribution in [0.25, 0.3) is 11.1 Å². The molecule has 248 valence electrons. The van der Waals surface area contributed by atoms with E-state index in [0.29, 0.717) is 0 Å². The number of carbonyl (C=O) groups is 1. The summed E-state index contributed by atoms with van der Waals surface area (Å²) in [4.78, 5) is 25.2. The van der Waals surface area contributed by atoms with E-state index in [2.05, 4.69) is 10.6 Å². The van der Waals surface area contributed by atoms with Crippen molar-refractivity contribution in [2.75, 3.05) is 38.7 Å². The normalized spacial score (nSPS) is 14.5. The van der Waals surface area contributed by atoms with Crippen LogP contribution in [0.15, 0.2) is 71.5 Å². The van der Waals surface area contributed by atoms with Gasteiger partial charge in [0.1, 0.15) is 11.6 Å². The van der Waals surface area contributed by atoms with Crippen LogP contribution in [0.1, 0.15) is 39.9 Å². The van der Waals surface area contributed by atoms with E-state index >= 15 is 8.78 Å². The Kier molecular flexibility index (Phi) is 12.1. The summed E-state index contributed by atoms with van der Waals surface area (Å²) >= 11 is 0. The van der Waals surface area contributed by atoms with Crippen LogP contribution >= 0.6 is 0 Å². The fraction of sp³-hybridized carbons (Fsp3) is 0.294. The first kappa shape index (κ1) is 37.1. The third kappa shape index (κ3) is 7.60. The number of methoxy groups -OCH3 is 1. The number of pyridine rings is 1. The van der Waals surface area contributed by atoms with Crippen molar-refractivity contribution in [2.24, 2.45) is 0 Å². The quantitative estimate of drug-likeness (QED) is 0.134. The van der Waals surface area contributed by atoms with Gasteiger partial charge in [-0.2, -0.15) is 13.2 Å². The van der Waals surface area contributed by atoms with Crippen LogP contribution in [0.5, 0.6) is 5.75 Å². The van der Waals surface area contributed by atoms with Gasteiger partial charge in [0.05, 0.1) is 49.5 Å². The van der Waals surface area contributed by atoms with Crippen molar-refractivity contribution in [3.63, 3.8) is 0 Å². The monoisotopic (exact) mass is 679 g/mol. The Morgan fingerprint density at radius 1 is 1.06 bits per heavy atom. The average molecular weight is 680 g/mol. The van der Waals surface area contributed by atoms with E-state index in [-0.39, 0.29) is 83.1 Å². The van der Waals surface area contributed by atoms with Gasteiger partial charge in [-0.15, -0.1) is 0 Å². The van der Waals surface area contributed by atoms with Gasteiger partial charge in [0, 0.05) is 36.2 Å². The van der Waals surface area contributed by atoms with Crippen LogP contribution in [0.4, 0.5) is 27.8 Å². The summed E-state index contributed by atoms with van der Waals surface area (Å²) in [6.45, 7) is 1.16. The molecule has 3 aromatic carbocycles. The van der Waals surface area contributed by atoms with Crippen LogP contribution in [0.3, 0.4) is 0 Å². The topological polar surface area (TPSA) is 105 Å². The Morgan fingerprint density at radius 2 is 1.77 bits per heavy atom. The molecule has 1 unspecified atom stereocenters. The number of hydrogen-bond acceptors (Lipinski definition) is 7. The fourth-order valence-electron chi connectivity index (χ4n) is 6.08. The van der Waals surface area contributed by atoms with Gasteiger partial charge in [0.15, 0.2) is 11.6 Å². The van der Waals surface area contributed by atoms with Gasteiger partial charge in [-0.25, -0.2) is 8.78 Å². The maximum Gasteiger partial charge on any atom is 1.00 e. The average Bonchev–Trinajstić information content (AvgIpc) is 3.47. The number of rotatable bonds is 12. The second-order valence-electron chi connectivity index (χ2n) is 11.0. The number of nitrogens with one attached hydrogen (secondary N) is 2. The maximum absolute atomic E-state index is 15.8. The van der Waals surface area contributed by atoms with E-state index in [1.165, 1.54) is 36.8 Å². The second kappa shape index (κ2) is 15.6. The zero-order valence-electron chi connectivity index (χ0n) is 26.4. The van der Waals surface area contributed by atoms with Gasteiger partial charge in [-0.05, 0) is 36.2 Å². The first-order valence-electron chi connectivity index (χ1n) is 14.7. The molecule has 14 heteroatoms. The first-order chi connectivity index (χ1) is 22.4. The molecule has 2 heterocycles. The first-order valence-corrected chi connectivity index (χ1v) is 14.7. The van der Waals surface area contributed by atoms with Crippen molar-refractivity contribution in [1.82, 2.24) is 9.88 Å². The van der Waals surface area contributed by atoms with Gasteiger partial charge in [0.2, 0.25) is 0 Å². The Balaban J connectivity index is 0.00000520. The standard InChI is InChI=1S/C34H32F5N3O5.Na/c1-19-22(16-23-24(34(37,38)39)11-7-12-25(23)35)32-41-17-26(31(20-8-4-3-5-9-20)40-14-15-47-18-28(43)44)42(32)33(45)29(19)21-10-6-13-27(46-2)30(21)36;/h3-13,26,31,40-41H,14-18H2,1-2H3,(H,43,44);/q;+1/p-1/t26-,31?;/m0./s1. The van der Waals surface area contributed by atoms with E-state index in [4.69, 9.17) is 9.47 Å². The molecule has 8 nitrogen and oxygen atoms in total. The molecule has 0 fully saturated rings. The summed E-state index contributed by atoms with van der Waals surface area (Å²) in [7, 11) is 1.26. The summed E-state index contributed by atoms with van der Waals surface area (Å²) in [6, 6.07) is 14.6. The molecule has 0 amide bonds. The smallest absolute Gasteiger partial charge is 0.548 e. The number of halogens is 5. The van der Waals surface area contributed by atoms with E-state index in [9.17, 15) is 27.9 Å². The Morgan fingerprint density at radius 3 is 2.44 bits per heavy atom. The van der Waals surface area contributed by atoms with E-state index in [1.807, 2.05) is 12.1 Å². The molecule has 0 radical (unpaired) electrons. The van der Waals surface area contributed by atoms with E-state index in [0.717, 1.165) is 23.8 Å². The third-order valence-electron chi connectivity index (χ3n) is 8.20. The number of anilines is 1. The van der Waals surface area contributed by atoms with Crippen LogP contribution in [-0.4, -0.2) is 43.9 Å². The molecule has 2 atom stereocenters. The number of aliphatic carboxylic acids is 1. The van der Waals surface area contributed by atoms with Crippen molar-refractivity contribution in [3.8, 4) is 16.9 Å². The minimum atomic E-state index is -4.86. The third-order valence-corrected chi connectivity index (χ3v) is 8.20. The summed E-state index contributed by atoms with van der Waals surface area (Å²) in [5.41, 5.74) is -1.53. The zero-order valence-corrected chi connectivity index (χ0v) is 28.4. The fourth-order valence-corrected chi connectivity index (χ4v) is 6.08. The molecule has 2 N–H and O–H groups in total. The summed E-state index contributed by atoms with van der Waals surface area (Å²) in [6.07, 6.45) is -5.42. The summed E-state index contributed by atoms with van der Waals surface area (Å²) in [5.74, 6) is -3.26. The molecular formula is C34H31F5N3NaO5. The molecule has 5 rings (SSSR count). The molecule has 0 saturated heterocycles. The number of benzene rings is 3. The molecule has 0 aliphatic carbocycles. The molecule has 1 aliphatic rings. The van der Waals surface area contributed by atoms with Crippen LogP contribution < -0.4 is 55.6 Å². The predicted molar refractivity (Wildman–Crippen MR) is 162 cm³/mol. The van der Waals surface area contributed by atoms with Crippen LogP contribution in [-0.2, 0) is 22.1 Å². The minimum Gasteiger partial charge on any atom is -0.548 e. The largest absolute Gasteiger partial charge is 1.00 e. The van der Waals surface area contributed by atoms with Crippen LogP contribution in [0.2, 0.25) is 0 Å². The number of hydrogen-bond donors (Lipinski definition) is 2. The number of carboxylic acids is 1. The van der Waals surface area contributed by atoms with Crippen molar-refractivity contribution in [2.45, 2.75) is 31.6 Å². The number of nitrogens with zero attached hydrogens (tertiary/aromatic N) is 1. The van der Waals surface area contributed by atoms with Gasteiger partial charge in [0.25, 0.3) is 5.56 Å². The van der Waals surface area contributed by atoms with Crippen LogP contribution in [0, 0.1) is 18.6 Å². The van der Waals surface area contributed by atoms with Crippen molar-refractivity contribution >= 4 is 11.8 Å². The molecule has 0 spiro atoms. The number of ether oxygens (including phenoxy) is 2. The van der Waals surface area contributed by atoms with Gasteiger partial charge < -0.3 is 30.0 Å². The molecule has 4 aromatic rings. The number of carbonyl (C=O) groups excluding carboxylic acids is 1. The summed E-state index contributed by atoms with van der Waals surface area (Å²) in [5, 5.41) is 17.2. The Labute approximate surface area is 295 Å². The number of carboxylic acid groups (broad SMARTS) is 1. The minimum absolute atomic E-state index is 0. The number of fused-ring (bicyclic) bond motifs is 1. The number of aromatic nitrogens is 1. The Bertz CT molecular complexity index is 1840. The van der Waals surface area contributed by atoms with Gasteiger partial charge in [-0.3, -0.25) is 9.36 Å². The van der Waals surface area contributed by atoms with Crippen molar-refractivity contribution in [1.29, 1.82) is 0 Å². The molecule has 0 saturated carbocycles. The van der Waals surface area contributed by atoms with Gasteiger partial charge in [-0.1, -0.05) is 48.5 Å². The van der Waals surface area contributed by atoms with Gasteiger partial charge >= 0.3 is 35.7 Å². The maximum atomic E-state index is 15.8. The predicted octanol–water partition coefficient (Wildman–Crippen LogP) is 1.79. The molecular weight excluding hydrogens is 648 g/mol. The SMILES string of the molecule is COc1cccc(-c2c(C)c(Cc3c(F)cccc3C(F)(F)F)c3n(c2=O)[C@H](C(NCCOCC(=O)[O-])c2ccccc2)CN3)c1F.[Na+]. The molecule has 1 aliphatic heterocycles. The van der Waals surface area contributed by atoms with Crippen molar-refractivity contribution in [3.05, 3.63) is 117 Å². The Hall–Kier alpha value is -3.75. The number of alkyl halides is 3. The second-order valence-corrected chi connectivity index (χ2v) is 11.0.